The summed E-state index contributed by atoms with van der Waals surface area (Å²) in [6.45, 7) is 2.00. The second kappa shape index (κ2) is 9.46. The number of nitrogens with zero attached hydrogens (tertiary/aromatic N) is 3. The van der Waals surface area contributed by atoms with Gasteiger partial charge in [-0.2, -0.15) is 13.2 Å². The summed E-state index contributed by atoms with van der Waals surface area (Å²) >= 11 is 2.07. The number of thiazole rings is 2. The van der Waals surface area contributed by atoms with E-state index in [2.05, 4.69) is 15.3 Å². The van der Waals surface area contributed by atoms with E-state index in [1.807, 2.05) is 31.2 Å². The van der Waals surface area contributed by atoms with Crippen molar-refractivity contribution in [3.05, 3.63) is 63.4 Å². The van der Waals surface area contributed by atoms with Gasteiger partial charge in [-0.3, -0.25) is 14.5 Å². The largest absolute Gasteiger partial charge is 0.490 e. The van der Waals surface area contributed by atoms with Gasteiger partial charge in [-0.15, -0.1) is 22.7 Å². The van der Waals surface area contributed by atoms with Crippen molar-refractivity contribution in [1.29, 1.82) is 0 Å². The molecule has 0 unspecified atom stereocenters. The molecule has 6 nitrogen and oxygen atoms in total. The van der Waals surface area contributed by atoms with Crippen molar-refractivity contribution in [2.75, 3.05) is 5.32 Å². The first-order valence-corrected chi connectivity index (χ1v) is 12.8. The summed E-state index contributed by atoms with van der Waals surface area (Å²) in [5, 5.41) is 5.00. The number of benzene rings is 1. The molecule has 3 heterocycles. The van der Waals surface area contributed by atoms with Crippen molar-refractivity contribution < 1.29 is 22.7 Å². The molecular weight excluding hydrogens is 497 g/mol. The van der Waals surface area contributed by atoms with Crippen molar-refractivity contribution in [2.24, 2.45) is 0 Å². The number of aryl methyl sites for hydroxylation is 1. The second-order valence-electron chi connectivity index (χ2n) is 8.24. The number of nitrogens with one attached hydrogen (secondary N) is 1. The Hall–Kier alpha value is -3.18. The SMILES string of the molecule is Cc1cccc(C=Cc2nc3sccn3c2C(=O)Nc2nc(C(F)(F)F)cs2)c1OC1CCCC1. The van der Waals surface area contributed by atoms with Crippen LogP contribution in [0.15, 0.2) is 35.2 Å². The fourth-order valence-corrected chi connectivity index (χ4v) is 5.50. The Kier molecular flexibility index (Phi) is 6.37. The van der Waals surface area contributed by atoms with Gasteiger partial charge in [0.15, 0.2) is 15.8 Å². The Balaban J connectivity index is 1.44. The molecule has 0 radical (unpaired) electrons. The zero-order chi connectivity index (χ0) is 24.6. The number of hydrogen-bond donors (Lipinski definition) is 1. The lowest BCUT2D eigenvalue weighted by molar-refractivity contribution is -0.140. The van der Waals surface area contributed by atoms with Crippen molar-refractivity contribution in [1.82, 2.24) is 14.4 Å². The van der Waals surface area contributed by atoms with Gasteiger partial charge in [-0.05, 0) is 50.3 Å². The highest BCUT2D eigenvalue weighted by molar-refractivity contribution is 7.15. The fourth-order valence-electron chi connectivity index (χ4n) is 4.07. The molecule has 1 aliphatic carbocycles. The van der Waals surface area contributed by atoms with Crippen LogP contribution in [0.2, 0.25) is 0 Å². The third-order valence-corrected chi connectivity index (χ3v) is 7.28. The number of para-hydroxylation sites is 1. The number of amides is 1. The predicted octanol–water partition coefficient (Wildman–Crippen LogP) is 6.92. The summed E-state index contributed by atoms with van der Waals surface area (Å²) in [5.74, 6) is 0.218. The highest BCUT2D eigenvalue weighted by atomic mass is 32.1. The maximum atomic E-state index is 13.1. The molecule has 3 aromatic heterocycles. The lowest BCUT2D eigenvalue weighted by Gasteiger charge is -2.17. The van der Waals surface area contributed by atoms with E-state index in [1.165, 1.54) is 11.3 Å². The maximum absolute atomic E-state index is 13.1. The molecule has 0 atom stereocenters. The van der Waals surface area contributed by atoms with Crippen LogP contribution in [0.3, 0.4) is 0 Å². The van der Waals surface area contributed by atoms with Crippen LogP contribution < -0.4 is 10.1 Å². The Morgan fingerprint density at radius 2 is 2.00 bits per heavy atom. The number of halogens is 3. The zero-order valence-corrected chi connectivity index (χ0v) is 20.3. The number of imidazole rings is 1. The van der Waals surface area contributed by atoms with Gasteiger partial charge in [0, 0.05) is 22.5 Å². The molecule has 182 valence electrons. The van der Waals surface area contributed by atoms with E-state index in [-0.39, 0.29) is 16.9 Å². The molecular formula is C24H21F3N4O2S2. The van der Waals surface area contributed by atoms with Gasteiger partial charge in [-0.1, -0.05) is 18.2 Å². The van der Waals surface area contributed by atoms with Crippen LogP contribution in [0, 0.1) is 6.92 Å². The number of fused-ring (bicyclic) bond motifs is 1. The second-order valence-corrected chi connectivity index (χ2v) is 9.97. The van der Waals surface area contributed by atoms with Gasteiger partial charge in [0.1, 0.15) is 11.4 Å². The van der Waals surface area contributed by atoms with Crippen molar-refractivity contribution >= 4 is 50.8 Å². The topological polar surface area (TPSA) is 68.5 Å². The number of carbonyl (C=O) groups excluding carboxylic acids is 1. The van der Waals surface area contributed by atoms with E-state index in [9.17, 15) is 18.0 Å². The summed E-state index contributed by atoms with van der Waals surface area (Å²) in [4.78, 5) is 21.7. The molecule has 1 amide bonds. The molecule has 4 aromatic rings. The first-order chi connectivity index (χ1) is 16.8. The summed E-state index contributed by atoms with van der Waals surface area (Å²) in [6, 6.07) is 5.88. The Morgan fingerprint density at radius 3 is 2.74 bits per heavy atom. The molecule has 0 spiro atoms. The average Bonchev–Trinajstić information content (AvgIpc) is 3.58. The predicted molar refractivity (Wildman–Crippen MR) is 131 cm³/mol. The maximum Gasteiger partial charge on any atom is 0.434 e. The summed E-state index contributed by atoms with van der Waals surface area (Å²) in [6.07, 6.45) is 5.30. The summed E-state index contributed by atoms with van der Waals surface area (Å²) < 4.78 is 46.6. The molecule has 5 rings (SSSR count). The third-order valence-electron chi connectivity index (χ3n) is 5.77. The standard InChI is InChI=1S/C24H21F3N4O2S2/c1-14-5-4-6-15(20(14)33-16-7-2-3-8-16)9-10-17-19(31-11-12-34-23(31)28-17)21(32)30-22-29-18(13-35-22)24(25,26)27/h4-6,9-13,16H,2-3,7-8H2,1H3,(H,29,30,32). The quantitative estimate of drug-likeness (QED) is 0.301. The minimum Gasteiger partial charge on any atom is -0.490 e. The van der Waals surface area contributed by atoms with E-state index in [4.69, 9.17) is 4.74 Å². The van der Waals surface area contributed by atoms with Gasteiger partial charge in [0.05, 0.1) is 11.8 Å². The number of anilines is 1. The van der Waals surface area contributed by atoms with Crippen molar-refractivity contribution in [2.45, 2.75) is 44.9 Å². The number of carbonyl (C=O) groups is 1. The number of hydrogen-bond acceptors (Lipinski definition) is 6. The van der Waals surface area contributed by atoms with Crippen LogP contribution in [-0.4, -0.2) is 26.4 Å². The van der Waals surface area contributed by atoms with Gasteiger partial charge < -0.3 is 4.74 Å². The third kappa shape index (κ3) is 4.96. The summed E-state index contributed by atoms with van der Waals surface area (Å²) in [7, 11) is 0. The van der Waals surface area contributed by atoms with E-state index in [0.717, 1.165) is 59.3 Å². The molecule has 0 saturated heterocycles. The van der Waals surface area contributed by atoms with E-state index < -0.39 is 17.8 Å². The number of aromatic nitrogens is 3. The normalized spacial score (nSPS) is 14.9. The van der Waals surface area contributed by atoms with E-state index >= 15 is 0 Å². The van der Waals surface area contributed by atoms with Crippen LogP contribution in [0.4, 0.5) is 18.3 Å². The Morgan fingerprint density at radius 1 is 1.20 bits per heavy atom. The van der Waals surface area contributed by atoms with Gasteiger partial charge >= 0.3 is 6.18 Å². The Labute approximate surface area is 207 Å². The molecule has 1 N–H and O–H groups in total. The lowest BCUT2D eigenvalue weighted by Crippen LogP contribution is -2.15. The smallest absolute Gasteiger partial charge is 0.434 e. The first kappa shape index (κ1) is 23.6. The summed E-state index contributed by atoms with van der Waals surface area (Å²) in [5.41, 5.74) is 1.46. The Bertz CT molecular complexity index is 1400. The monoisotopic (exact) mass is 518 g/mol. The molecule has 11 heteroatoms. The average molecular weight is 519 g/mol. The molecule has 35 heavy (non-hydrogen) atoms. The molecule has 1 aliphatic rings. The number of alkyl halides is 3. The minimum absolute atomic E-state index is 0.131. The molecule has 0 aliphatic heterocycles. The molecule has 1 saturated carbocycles. The zero-order valence-electron chi connectivity index (χ0n) is 18.6. The van der Waals surface area contributed by atoms with E-state index in [1.54, 1.807) is 22.1 Å². The van der Waals surface area contributed by atoms with Crippen LogP contribution >= 0.6 is 22.7 Å². The number of rotatable bonds is 6. The van der Waals surface area contributed by atoms with E-state index in [0.29, 0.717) is 10.7 Å². The van der Waals surface area contributed by atoms with Crippen LogP contribution in [0.25, 0.3) is 17.1 Å². The lowest BCUT2D eigenvalue weighted by atomic mass is 10.1. The number of ether oxygens (including phenoxy) is 1. The van der Waals surface area contributed by atoms with Crippen molar-refractivity contribution in [3.8, 4) is 5.75 Å². The molecule has 1 fully saturated rings. The minimum atomic E-state index is -4.57. The van der Waals surface area contributed by atoms with Crippen LogP contribution in [0.5, 0.6) is 5.75 Å². The highest BCUT2D eigenvalue weighted by Gasteiger charge is 2.34. The highest BCUT2D eigenvalue weighted by Crippen LogP contribution is 2.33. The van der Waals surface area contributed by atoms with Gasteiger partial charge in [0.25, 0.3) is 5.91 Å². The molecule has 0 bridgehead atoms. The molecule has 1 aromatic carbocycles. The van der Waals surface area contributed by atoms with Gasteiger partial charge in [0.2, 0.25) is 0 Å². The van der Waals surface area contributed by atoms with Crippen LogP contribution in [-0.2, 0) is 6.18 Å². The van der Waals surface area contributed by atoms with Crippen molar-refractivity contribution in [3.63, 3.8) is 0 Å². The van der Waals surface area contributed by atoms with Crippen LogP contribution in [0.1, 0.15) is 58.7 Å². The fraction of sp³-hybridized carbons (Fsp3) is 0.292. The van der Waals surface area contributed by atoms with Gasteiger partial charge in [-0.25, -0.2) is 9.97 Å². The first-order valence-electron chi connectivity index (χ1n) is 11.0.